The highest BCUT2D eigenvalue weighted by Crippen LogP contribution is 2.21. The molecule has 1 aromatic heterocycles. The maximum Gasteiger partial charge on any atom is 0.244 e. The molecule has 0 spiro atoms. The first-order chi connectivity index (χ1) is 11.1. The minimum Gasteiger partial charge on any atom is -0.346 e. The number of rotatable bonds is 6. The Morgan fingerprint density at radius 2 is 1.96 bits per heavy atom. The van der Waals surface area contributed by atoms with E-state index < -0.39 is 0 Å². The molecule has 2 aromatic rings. The predicted molar refractivity (Wildman–Crippen MR) is 93.9 cm³/mol. The molecule has 0 fully saturated rings. The topological polar surface area (TPSA) is 45.2 Å². The molecule has 0 aliphatic heterocycles. The first-order valence-electron chi connectivity index (χ1n) is 7.68. The maximum atomic E-state index is 11.9. The maximum absolute atomic E-state index is 11.9. The van der Waals surface area contributed by atoms with Crippen LogP contribution >= 0.6 is 0 Å². The summed E-state index contributed by atoms with van der Waals surface area (Å²) in [5.74, 6) is -0.0734. The van der Waals surface area contributed by atoms with Gasteiger partial charge in [-0.05, 0) is 43.8 Å². The van der Waals surface area contributed by atoms with E-state index in [-0.39, 0.29) is 11.9 Å². The van der Waals surface area contributed by atoms with Gasteiger partial charge in [0.1, 0.15) is 0 Å². The van der Waals surface area contributed by atoms with E-state index in [2.05, 4.69) is 22.4 Å². The van der Waals surface area contributed by atoms with E-state index in [1.54, 1.807) is 12.3 Å². The van der Waals surface area contributed by atoms with E-state index in [1.165, 1.54) is 0 Å². The van der Waals surface area contributed by atoms with Crippen LogP contribution in [0, 0.1) is 0 Å². The van der Waals surface area contributed by atoms with Crippen molar-refractivity contribution in [2.75, 3.05) is 20.6 Å². The number of hydrogen-bond acceptors (Lipinski definition) is 3. The summed E-state index contributed by atoms with van der Waals surface area (Å²) in [6.45, 7) is 2.73. The summed E-state index contributed by atoms with van der Waals surface area (Å²) in [6.07, 6.45) is 7.04. The Morgan fingerprint density at radius 1 is 1.22 bits per heavy atom. The minimum atomic E-state index is -0.0734. The first kappa shape index (κ1) is 16.9. The van der Waals surface area contributed by atoms with E-state index >= 15 is 0 Å². The number of likely N-dealkylation sites (N-methyl/N-ethyl adjacent to an activating group) is 1. The first-order valence-corrected chi connectivity index (χ1v) is 7.68. The van der Waals surface area contributed by atoms with E-state index in [4.69, 9.17) is 0 Å². The van der Waals surface area contributed by atoms with Crippen LogP contribution in [0.3, 0.4) is 0 Å². The van der Waals surface area contributed by atoms with Crippen molar-refractivity contribution in [3.63, 3.8) is 0 Å². The SMILES string of the molecule is CC(NC(=O)/C=C/CN(C)C)c1ccc(-c2cccnc2)cc1. The molecule has 4 heteroatoms. The monoisotopic (exact) mass is 309 g/mol. The normalized spacial score (nSPS) is 12.5. The van der Waals surface area contributed by atoms with E-state index in [0.29, 0.717) is 0 Å². The molecule has 1 heterocycles. The largest absolute Gasteiger partial charge is 0.346 e. The van der Waals surface area contributed by atoms with Gasteiger partial charge < -0.3 is 10.2 Å². The van der Waals surface area contributed by atoms with Crippen LogP contribution in [0.2, 0.25) is 0 Å². The van der Waals surface area contributed by atoms with Gasteiger partial charge in [-0.15, -0.1) is 0 Å². The highest BCUT2D eigenvalue weighted by atomic mass is 16.1. The molecule has 0 radical (unpaired) electrons. The van der Waals surface area contributed by atoms with Crippen molar-refractivity contribution in [3.05, 3.63) is 66.5 Å². The summed E-state index contributed by atoms with van der Waals surface area (Å²) in [7, 11) is 3.93. The third kappa shape index (κ3) is 5.34. The van der Waals surface area contributed by atoms with Crippen LogP contribution in [-0.2, 0) is 4.79 Å². The van der Waals surface area contributed by atoms with Gasteiger partial charge in [0.05, 0.1) is 6.04 Å². The summed E-state index contributed by atoms with van der Waals surface area (Å²) < 4.78 is 0. The molecule has 1 N–H and O–H groups in total. The van der Waals surface area contributed by atoms with Crippen molar-refractivity contribution in [2.45, 2.75) is 13.0 Å². The number of pyridine rings is 1. The average Bonchev–Trinajstić information content (AvgIpc) is 2.55. The Bertz CT molecular complexity index is 648. The second kappa shape index (κ2) is 8.25. The second-order valence-electron chi connectivity index (χ2n) is 5.76. The zero-order valence-corrected chi connectivity index (χ0v) is 13.9. The molecular formula is C19H23N3O. The third-order valence-electron chi connectivity index (χ3n) is 3.50. The molecule has 0 bridgehead atoms. The van der Waals surface area contributed by atoms with Crippen molar-refractivity contribution in [2.24, 2.45) is 0 Å². The van der Waals surface area contributed by atoms with Gasteiger partial charge in [-0.2, -0.15) is 0 Å². The Morgan fingerprint density at radius 3 is 2.57 bits per heavy atom. The molecular weight excluding hydrogens is 286 g/mol. The number of aromatic nitrogens is 1. The van der Waals surface area contributed by atoms with Crippen molar-refractivity contribution < 1.29 is 4.79 Å². The average molecular weight is 309 g/mol. The summed E-state index contributed by atoms with van der Waals surface area (Å²) in [5, 5.41) is 2.97. The standard InChI is InChI=1S/C19H23N3O/c1-15(21-19(23)7-5-13-22(2)3)16-8-10-17(11-9-16)18-6-4-12-20-14-18/h4-12,14-15H,13H2,1-3H3,(H,21,23)/b7-5+. The Hall–Kier alpha value is -2.46. The highest BCUT2D eigenvalue weighted by Gasteiger charge is 2.07. The molecule has 23 heavy (non-hydrogen) atoms. The number of carbonyl (C=O) groups excluding carboxylic acids is 1. The fourth-order valence-corrected chi connectivity index (χ4v) is 2.21. The van der Waals surface area contributed by atoms with Gasteiger partial charge in [0.2, 0.25) is 5.91 Å². The molecule has 1 amide bonds. The molecule has 1 atom stereocenters. The summed E-state index contributed by atoms with van der Waals surface area (Å²) in [6, 6.07) is 12.1. The van der Waals surface area contributed by atoms with Gasteiger partial charge in [0, 0.05) is 25.0 Å². The Labute approximate surface area is 137 Å². The summed E-state index contributed by atoms with van der Waals surface area (Å²) in [4.78, 5) is 18.0. The second-order valence-corrected chi connectivity index (χ2v) is 5.76. The van der Waals surface area contributed by atoms with E-state index in [0.717, 1.165) is 23.2 Å². The fraction of sp³-hybridized carbons (Fsp3) is 0.263. The lowest BCUT2D eigenvalue weighted by atomic mass is 10.0. The number of amides is 1. The van der Waals surface area contributed by atoms with Crippen LogP contribution in [0.25, 0.3) is 11.1 Å². The predicted octanol–water partition coefficient (Wildman–Crippen LogP) is 3.04. The summed E-state index contributed by atoms with van der Waals surface area (Å²) in [5.41, 5.74) is 3.28. The van der Waals surface area contributed by atoms with Gasteiger partial charge in [-0.3, -0.25) is 9.78 Å². The molecule has 1 unspecified atom stereocenters. The molecule has 1 aromatic carbocycles. The van der Waals surface area contributed by atoms with Gasteiger partial charge in [0.25, 0.3) is 0 Å². The summed E-state index contributed by atoms with van der Waals surface area (Å²) >= 11 is 0. The van der Waals surface area contributed by atoms with Crippen molar-refractivity contribution in [1.82, 2.24) is 15.2 Å². The number of nitrogens with one attached hydrogen (secondary N) is 1. The zero-order chi connectivity index (χ0) is 16.7. The quantitative estimate of drug-likeness (QED) is 0.834. The number of nitrogens with zero attached hydrogens (tertiary/aromatic N) is 2. The van der Waals surface area contributed by atoms with Crippen LogP contribution in [0.4, 0.5) is 0 Å². The fourth-order valence-electron chi connectivity index (χ4n) is 2.21. The van der Waals surface area contributed by atoms with Crippen LogP contribution in [0.15, 0.2) is 60.9 Å². The Kier molecular flexibility index (Phi) is 6.06. The van der Waals surface area contributed by atoms with Gasteiger partial charge in [-0.25, -0.2) is 0 Å². The number of carbonyl (C=O) groups is 1. The molecule has 0 aliphatic rings. The van der Waals surface area contributed by atoms with Gasteiger partial charge in [-0.1, -0.05) is 36.4 Å². The lowest BCUT2D eigenvalue weighted by Gasteiger charge is -2.14. The van der Waals surface area contributed by atoms with Crippen LogP contribution in [-0.4, -0.2) is 36.4 Å². The van der Waals surface area contributed by atoms with Crippen molar-refractivity contribution >= 4 is 5.91 Å². The smallest absolute Gasteiger partial charge is 0.244 e. The van der Waals surface area contributed by atoms with Gasteiger partial charge >= 0.3 is 0 Å². The minimum absolute atomic E-state index is 0.0329. The molecule has 0 saturated heterocycles. The van der Waals surface area contributed by atoms with Crippen molar-refractivity contribution in [1.29, 1.82) is 0 Å². The molecule has 0 aliphatic carbocycles. The van der Waals surface area contributed by atoms with E-state index in [1.807, 2.05) is 62.5 Å². The molecule has 4 nitrogen and oxygen atoms in total. The number of hydrogen-bond donors (Lipinski definition) is 1. The molecule has 2 rings (SSSR count). The van der Waals surface area contributed by atoms with Crippen LogP contribution in [0.5, 0.6) is 0 Å². The van der Waals surface area contributed by atoms with Crippen LogP contribution in [0.1, 0.15) is 18.5 Å². The number of benzene rings is 1. The Balaban J connectivity index is 1.96. The lowest BCUT2D eigenvalue weighted by molar-refractivity contribution is -0.117. The van der Waals surface area contributed by atoms with Crippen LogP contribution < -0.4 is 5.32 Å². The molecule has 120 valence electrons. The van der Waals surface area contributed by atoms with Gasteiger partial charge in [0.15, 0.2) is 0 Å². The highest BCUT2D eigenvalue weighted by molar-refractivity contribution is 5.87. The zero-order valence-electron chi connectivity index (χ0n) is 13.9. The van der Waals surface area contributed by atoms with E-state index in [9.17, 15) is 4.79 Å². The molecule has 0 saturated carbocycles. The van der Waals surface area contributed by atoms with Crippen molar-refractivity contribution in [3.8, 4) is 11.1 Å². The lowest BCUT2D eigenvalue weighted by Crippen LogP contribution is -2.25. The third-order valence-corrected chi connectivity index (χ3v) is 3.50.